The van der Waals surface area contributed by atoms with Crippen molar-refractivity contribution in [2.45, 2.75) is 31.5 Å². The van der Waals surface area contributed by atoms with Crippen LogP contribution in [0.15, 0.2) is 30.3 Å². The van der Waals surface area contributed by atoms with Gasteiger partial charge in [-0.1, -0.05) is 30.3 Å². The van der Waals surface area contributed by atoms with Crippen molar-refractivity contribution in [3.63, 3.8) is 0 Å². The molecule has 1 aromatic carbocycles. The number of nitrogens with zero attached hydrogens (tertiary/aromatic N) is 1. The predicted molar refractivity (Wildman–Crippen MR) is 64.1 cm³/mol. The molecule has 1 aromatic rings. The van der Waals surface area contributed by atoms with Gasteiger partial charge in [-0.25, -0.2) is 0 Å². The SMILES string of the molecule is O=C(O)C1CC[C@@H](C(=O)O)N1Cc1ccccc1. The largest absolute Gasteiger partial charge is 0.480 e. The monoisotopic (exact) mass is 249 g/mol. The molecule has 0 bridgehead atoms. The van der Waals surface area contributed by atoms with Gasteiger partial charge in [-0.3, -0.25) is 14.5 Å². The number of carboxylic acids is 2. The molecule has 1 saturated heterocycles. The Morgan fingerprint density at radius 3 is 2.00 bits per heavy atom. The molecule has 0 aliphatic carbocycles. The molecule has 1 unspecified atom stereocenters. The molecular formula is C13H15NO4. The van der Waals surface area contributed by atoms with Gasteiger partial charge in [0.2, 0.25) is 0 Å². The van der Waals surface area contributed by atoms with E-state index in [1.807, 2.05) is 30.3 Å². The lowest BCUT2D eigenvalue weighted by Gasteiger charge is -2.25. The second-order valence-corrected chi connectivity index (χ2v) is 4.44. The molecule has 5 nitrogen and oxygen atoms in total. The van der Waals surface area contributed by atoms with Crippen LogP contribution in [0.1, 0.15) is 18.4 Å². The Bertz CT molecular complexity index is 424. The zero-order chi connectivity index (χ0) is 13.1. The minimum absolute atomic E-state index is 0.356. The lowest BCUT2D eigenvalue weighted by atomic mass is 10.2. The molecule has 0 amide bonds. The molecule has 0 aromatic heterocycles. The second kappa shape index (κ2) is 5.18. The van der Waals surface area contributed by atoms with Crippen LogP contribution in [0.5, 0.6) is 0 Å². The molecule has 2 N–H and O–H groups in total. The summed E-state index contributed by atoms with van der Waals surface area (Å²) >= 11 is 0. The van der Waals surface area contributed by atoms with Crippen LogP contribution in [-0.2, 0) is 16.1 Å². The topological polar surface area (TPSA) is 77.8 Å². The smallest absolute Gasteiger partial charge is 0.320 e. The Labute approximate surface area is 105 Å². The van der Waals surface area contributed by atoms with Gasteiger partial charge in [-0.15, -0.1) is 0 Å². The van der Waals surface area contributed by atoms with Gasteiger partial charge in [-0.2, -0.15) is 0 Å². The van der Waals surface area contributed by atoms with Gasteiger partial charge in [0.1, 0.15) is 12.1 Å². The van der Waals surface area contributed by atoms with Crippen molar-refractivity contribution in [3.8, 4) is 0 Å². The first kappa shape index (κ1) is 12.6. The average molecular weight is 249 g/mol. The van der Waals surface area contributed by atoms with Gasteiger partial charge in [0.25, 0.3) is 0 Å². The maximum atomic E-state index is 11.1. The van der Waals surface area contributed by atoms with E-state index < -0.39 is 24.0 Å². The first-order chi connectivity index (χ1) is 8.59. The van der Waals surface area contributed by atoms with Gasteiger partial charge >= 0.3 is 11.9 Å². The molecule has 0 spiro atoms. The first-order valence-electron chi connectivity index (χ1n) is 5.85. The number of benzene rings is 1. The number of hydrogen-bond acceptors (Lipinski definition) is 3. The summed E-state index contributed by atoms with van der Waals surface area (Å²) in [7, 11) is 0. The fraction of sp³-hybridized carbons (Fsp3) is 0.385. The quantitative estimate of drug-likeness (QED) is 0.838. The maximum absolute atomic E-state index is 11.1. The number of rotatable bonds is 4. The third-order valence-corrected chi connectivity index (χ3v) is 3.29. The standard InChI is InChI=1S/C13H15NO4/c15-12(16)10-6-7-11(13(17)18)14(10)8-9-4-2-1-3-5-9/h1-5,10-11H,6-8H2,(H,15,16)(H,17,18)/t10-,11?/m0/s1. The third-order valence-electron chi connectivity index (χ3n) is 3.29. The van der Waals surface area contributed by atoms with E-state index in [-0.39, 0.29) is 0 Å². The highest BCUT2D eigenvalue weighted by atomic mass is 16.4. The van der Waals surface area contributed by atoms with Gasteiger partial charge in [-0.05, 0) is 18.4 Å². The van der Waals surface area contributed by atoms with Crippen molar-refractivity contribution in [3.05, 3.63) is 35.9 Å². The molecule has 1 aliphatic heterocycles. The van der Waals surface area contributed by atoms with Crippen LogP contribution >= 0.6 is 0 Å². The Morgan fingerprint density at radius 1 is 1.06 bits per heavy atom. The summed E-state index contributed by atoms with van der Waals surface area (Å²) in [6, 6.07) is 7.93. The van der Waals surface area contributed by atoms with Gasteiger partial charge < -0.3 is 10.2 Å². The molecule has 5 heteroatoms. The Hall–Kier alpha value is -1.88. The first-order valence-corrected chi connectivity index (χ1v) is 5.85. The van der Waals surface area contributed by atoms with Gasteiger partial charge in [0, 0.05) is 6.54 Å². The average Bonchev–Trinajstić information content (AvgIpc) is 2.74. The summed E-state index contributed by atoms with van der Waals surface area (Å²) in [5.74, 6) is -1.90. The zero-order valence-corrected chi connectivity index (χ0v) is 9.82. The van der Waals surface area contributed by atoms with E-state index in [1.165, 1.54) is 0 Å². The molecule has 2 atom stereocenters. The van der Waals surface area contributed by atoms with Crippen LogP contribution in [0, 0.1) is 0 Å². The van der Waals surface area contributed by atoms with Crippen LogP contribution in [0.3, 0.4) is 0 Å². The summed E-state index contributed by atoms with van der Waals surface area (Å²) in [6.45, 7) is 0.356. The molecule has 0 saturated carbocycles. The van der Waals surface area contributed by atoms with Gasteiger partial charge in [0.15, 0.2) is 0 Å². The highest BCUT2D eigenvalue weighted by molar-refractivity contribution is 5.79. The van der Waals surface area contributed by atoms with Crippen LogP contribution in [0.2, 0.25) is 0 Å². The number of aliphatic carboxylic acids is 2. The molecule has 96 valence electrons. The fourth-order valence-corrected chi connectivity index (χ4v) is 2.41. The van der Waals surface area contributed by atoms with E-state index in [2.05, 4.69) is 0 Å². The van der Waals surface area contributed by atoms with Crippen molar-refractivity contribution in [2.75, 3.05) is 0 Å². The Balaban J connectivity index is 2.19. The van der Waals surface area contributed by atoms with E-state index in [9.17, 15) is 9.59 Å². The Kier molecular flexibility index (Phi) is 3.62. The zero-order valence-electron chi connectivity index (χ0n) is 9.82. The van der Waals surface area contributed by atoms with Crippen molar-refractivity contribution < 1.29 is 19.8 Å². The van der Waals surface area contributed by atoms with Crippen molar-refractivity contribution in [1.29, 1.82) is 0 Å². The van der Waals surface area contributed by atoms with E-state index >= 15 is 0 Å². The normalized spacial score (nSPS) is 24.0. The van der Waals surface area contributed by atoms with E-state index in [0.717, 1.165) is 5.56 Å². The van der Waals surface area contributed by atoms with E-state index in [1.54, 1.807) is 4.90 Å². The van der Waals surface area contributed by atoms with Crippen molar-refractivity contribution >= 4 is 11.9 Å². The van der Waals surface area contributed by atoms with Crippen LogP contribution in [0.4, 0.5) is 0 Å². The molecular weight excluding hydrogens is 234 g/mol. The van der Waals surface area contributed by atoms with Crippen molar-refractivity contribution in [1.82, 2.24) is 4.90 Å². The van der Waals surface area contributed by atoms with Gasteiger partial charge in [0.05, 0.1) is 0 Å². The number of hydrogen-bond donors (Lipinski definition) is 2. The van der Waals surface area contributed by atoms with E-state index in [0.29, 0.717) is 19.4 Å². The highest BCUT2D eigenvalue weighted by Crippen LogP contribution is 2.26. The molecule has 0 radical (unpaired) electrons. The number of carboxylic acid groups (broad SMARTS) is 2. The molecule has 2 rings (SSSR count). The summed E-state index contributed by atoms with van der Waals surface area (Å²) < 4.78 is 0. The Morgan fingerprint density at radius 2 is 1.56 bits per heavy atom. The number of likely N-dealkylation sites (tertiary alicyclic amines) is 1. The minimum atomic E-state index is -0.949. The minimum Gasteiger partial charge on any atom is -0.480 e. The number of carbonyl (C=O) groups is 2. The molecule has 1 fully saturated rings. The summed E-state index contributed by atoms with van der Waals surface area (Å²) in [4.78, 5) is 23.8. The molecule has 1 heterocycles. The summed E-state index contributed by atoms with van der Waals surface area (Å²) in [5, 5.41) is 18.3. The predicted octanol–water partition coefficient (Wildman–Crippen LogP) is 1.19. The maximum Gasteiger partial charge on any atom is 0.320 e. The van der Waals surface area contributed by atoms with Crippen molar-refractivity contribution in [2.24, 2.45) is 0 Å². The van der Waals surface area contributed by atoms with Crippen LogP contribution in [-0.4, -0.2) is 39.1 Å². The lowest BCUT2D eigenvalue weighted by molar-refractivity contribution is -0.147. The molecule has 18 heavy (non-hydrogen) atoms. The lowest BCUT2D eigenvalue weighted by Crippen LogP contribution is -2.43. The van der Waals surface area contributed by atoms with E-state index in [4.69, 9.17) is 10.2 Å². The highest BCUT2D eigenvalue weighted by Gasteiger charge is 2.41. The van der Waals surface area contributed by atoms with Crippen LogP contribution < -0.4 is 0 Å². The van der Waals surface area contributed by atoms with Crippen LogP contribution in [0.25, 0.3) is 0 Å². The summed E-state index contributed by atoms with van der Waals surface area (Å²) in [6.07, 6.45) is 0.776. The fourth-order valence-electron chi connectivity index (χ4n) is 2.41. The summed E-state index contributed by atoms with van der Waals surface area (Å²) in [5.41, 5.74) is 0.928. The second-order valence-electron chi connectivity index (χ2n) is 4.44. The molecule has 1 aliphatic rings. The third kappa shape index (κ3) is 2.51.